The largest absolute Gasteiger partial charge is 0.387 e. The third kappa shape index (κ3) is 2.48. The van der Waals surface area contributed by atoms with E-state index in [1.54, 1.807) is 12.1 Å². The molecular weight excluding hydrogens is 184 g/mol. The summed E-state index contributed by atoms with van der Waals surface area (Å²) >= 11 is 5.78. The number of rotatable bonds is 2. The Bertz CT molecular complexity index is 338. The average molecular weight is 195 g/mol. The summed E-state index contributed by atoms with van der Waals surface area (Å²) in [5.41, 5.74) is 1.82. The second kappa shape index (κ2) is 4.32. The number of halogens is 1. The van der Waals surface area contributed by atoms with E-state index in [1.807, 2.05) is 13.0 Å². The van der Waals surface area contributed by atoms with Gasteiger partial charge in [0.25, 0.3) is 0 Å². The van der Waals surface area contributed by atoms with Gasteiger partial charge in [0.1, 0.15) is 0 Å². The first-order chi connectivity index (χ1) is 6.15. The first-order valence-corrected chi connectivity index (χ1v) is 4.40. The van der Waals surface area contributed by atoms with Crippen LogP contribution < -0.4 is 0 Å². The minimum absolute atomic E-state index is 0.336. The lowest BCUT2D eigenvalue weighted by atomic mass is 10.0. The molecule has 1 aromatic rings. The van der Waals surface area contributed by atoms with Gasteiger partial charge in [-0.1, -0.05) is 17.7 Å². The van der Waals surface area contributed by atoms with Crippen LogP contribution in [-0.4, -0.2) is 5.11 Å². The van der Waals surface area contributed by atoms with Gasteiger partial charge < -0.3 is 5.11 Å². The maximum absolute atomic E-state index is 9.61. The molecule has 0 heterocycles. The van der Waals surface area contributed by atoms with Crippen LogP contribution in [0.4, 0.5) is 0 Å². The van der Waals surface area contributed by atoms with Crippen LogP contribution in [0.5, 0.6) is 0 Å². The van der Waals surface area contributed by atoms with Crippen molar-refractivity contribution < 1.29 is 5.11 Å². The molecule has 1 rings (SSSR count). The molecule has 1 nitrogen and oxygen atoms in total. The summed E-state index contributed by atoms with van der Waals surface area (Å²) in [6.07, 6.45) is 4.87. The fourth-order valence-electron chi connectivity index (χ4n) is 1.23. The molecule has 0 spiro atoms. The standard InChI is InChI=1S/C11H11ClO/c1-3-4-11(13)10-6-5-9(12)7-8(10)2/h1,5-7,11,13H,4H2,2H3. The number of aliphatic hydroxyl groups excluding tert-OH is 1. The van der Waals surface area contributed by atoms with Crippen molar-refractivity contribution in [3.8, 4) is 12.3 Å². The second-order valence-electron chi connectivity index (χ2n) is 2.92. The van der Waals surface area contributed by atoms with E-state index in [2.05, 4.69) is 5.92 Å². The molecule has 2 heteroatoms. The summed E-state index contributed by atoms with van der Waals surface area (Å²) in [5.74, 6) is 2.42. The number of benzene rings is 1. The van der Waals surface area contributed by atoms with Crippen LogP contribution in [-0.2, 0) is 0 Å². The highest BCUT2D eigenvalue weighted by atomic mass is 35.5. The quantitative estimate of drug-likeness (QED) is 0.718. The Morgan fingerprint density at radius 2 is 2.31 bits per heavy atom. The highest BCUT2D eigenvalue weighted by Crippen LogP contribution is 2.22. The van der Waals surface area contributed by atoms with E-state index in [-0.39, 0.29) is 0 Å². The molecule has 0 aliphatic heterocycles. The predicted octanol–water partition coefficient (Wildman–Crippen LogP) is 2.71. The van der Waals surface area contributed by atoms with Crippen LogP contribution in [0.1, 0.15) is 23.7 Å². The fourth-order valence-corrected chi connectivity index (χ4v) is 1.46. The van der Waals surface area contributed by atoms with Crippen molar-refractivity contribution in [2.75, 3.05) is 0 Å². The molecule has 1 N–H and O–H groups in total. The smallest absolute Gasteiger partial charge is 0.0901 e. The normalized spacial score (nSPS) is 12.2. The highest BCUT2D eigenvalue weighted by molar-refractivity contribution is 6.30. The average Bonchev–Trinajstić information content (AvgIpc) is 2.04. The molecule has 0 aliphatic carbocycles. The molecule has 0 aliphatic rings. The van der Waals surface area contributed by atoms with Gasteiger partial charge in [-0.05, 0) is 30.2 Å². The zero-order valence-corrected chi connectivity index (χ0v) is 8.17. The molecule has 68 valence electrons. The summed E-state index contributed by atoms with van der Waals surface area (Å²) in [6, 6.07) is 5.37. The van der Waals surface area contributed by atoms with Crippen molar-refractivity contribution in [1.82, 2.24) is 0 Å². The van der Waals surface area contributed by atoms with Gasteiger partial charge in [0.05, 0.1) is 6.10 Å². The van der Waals surface area contributed by atoms with Crippen LogP contribution in [0.25, 0.3) is 0 Å². The van der Waals surface area contributed by atoms with Gasteiger partial charge in [-0.3, -0.25) is 0 Å². The lowest BCUT2D eigenvalue weighted by molar-refractivity contribution is 0.183. The first-order valence-electron chi connectivity index (χ1n) is 4.02. The van der Waals surface area contributed by atoms with Crippen LogP contribution in [0.3, 0.4) is 0 Å². The lowest BCUT2D eigenvalue weighted by Gasteiger charge is -2.10. The molecule has 0 fully saturated rings. The molecule has 0 bridgehead atoms. The third-order valence-corrected chi connectivity index (χ3v) is 2.14. The Labute approximate surface area is 83.4 Å². The Hall–Kier alpha value is -0.970. The molecule has 13 heavy (non-hydrogen) atoms. The summed E-state index contributed by atoms with van der Waals surface area (Å²) in [6.45, 7) is 1.90. The molecule has 1 unspecified atom stereocenters. The van der Waals surface area contributed by atoms with Crippen LogP contribution >= 0.6 is 11.6 Å². The van der Waals surface area contributed by atoms with E-state index in [0.717, 1.165) is 11.1 Å². The molecule has 0 radical (unpaired) electrons. The summed E-state index contributed by atoms with van der Waals surface area (Å²) in [4.78, 5) is 0. The monoisotopic (exact) mass is 194 g/mol. The minimum Gasteiger partial charge on any atom is -0.387 e. The van der Waals surface area contributed by atoms with Crippen LogP contribution in [0.2, 0.25) is 5.02 Å². The molecular formula is C11H11ClO. The SMILES string of the molecule is C#CCC(O)c1ccc(Cl)cc1C. The van der Waals surface area contributed by atoms with Gasteiger partial charge in [0, 0.05) is 11.4 Å². The Kier molecular flexibility index (Phi) is 3.36. The molecule has 1 atom stereocenters. The van der Waals surface area contributed by atoms with Gasteiger partial charge in [0.2, 0.25) is 0 Å². The van der Waals surface area contributed by atoms with E-state index >= 15 is 0 Å². The summed E-state index contributed by atoms with van der Waals surface area (Å²) in [5, 5.41) is 10.3. The van der Waals surface area contributed by atoms with Crippen LogP contribution in [0.15, 0.2) is 18.2 Å². The summed E-state index contributed by atoms with van der Waals surface area (Å²) in [7, 11) is 0. The van der Waals surface area contributed by atoms with Crippen molar-refractivity contribution in [2.45, 2.75) is 19.4 Å². The van der Waals surface area contributed by atoms with Gasteiger partial charge in [-0.15, -0.1) is 12.3 Å². The van der Waals surface area contributed by atoms with Crippen molar-refractivity contribution in [1.29, 1.82) is 0 Å². The molecule has 0 saturated carbocycles. The van der Waals surface area contributed by atoms with Gasteiger partial charge >= 0.3 is 0 Å². The predicted molar refractivity (Wildman–Crippen MR) is 54.6 cm³/mol. The first kappa shape index (κ1) is 10.1. The van der Waals surface area contributed by atoms with Crippen molar-refractivity contribution in [3.05, 3.63) is 34.3 Å². The maximum Gasteiger partial charge on any atom is 0.0901 e. The number of aryl methyl sites for hydroxylation is 1. The van der Waals surface area contributed by atoms with Gasteiger partial charge in [0.15, 0.2) is 0 Å². The second-order valence-corrected chi connectivity index (χ2v) is 3.36. The number of aliphatic hydroxyl groups is 1. The number of hydrogen-bond acceptors (Lipinski definition) is 1. The molecule has 0 saturated heterocycles. The van der Waals surface area contributed by atoms with E-state index in [1.165, 1.54) is 0 Å². The van der Waals surface area contributed by atoms with E-state index in [4.69, 9.17) is 18.0 Å². The van der Waals surface area contributed by atoms with E-state index in [0.29, 0.717) is 11.4 Å². The van der Waals surface area contributed by atoms with E-state index in [9.17, 15) is 5.11 Å². The Morgan fingerprint density at radius 3 is 2.85 bits per heavy atom. The highest BCUT2D eigenvalue weighted by Gasteiger charge is 2.08. The van der Waals surface area contributed by atoms with Gasteiger partial charge in [-0.2, -0.15) is 0 Å². The van der Waals surface area contributed by atoms with Gasteiger partial charge in [-0.25, -0.2) is 0 Å². The Morgan fingerprint density at radius 1 is 1.62 bits per heavy atom. The molecule has 0 aromatic heterocycles. The van der Waals surface area contributed by atoms with Crippen molar-refractivity contribution in [2.24, 2.45) is 0 Å². The van der Waals surface area contributed by atoms with Crippen molar-refractivity contribution in [3.63, 3.8) is 0 Å². The zero-order chi connectivity index (χ0) is 9.84. The molecule has 1 aromatic carbocycles. The molecule has 0 amide bonds. The number of hydrogen-bond donors (Lipinski definition) is 1. The maximum atomic E-state index is 9.61. The van der Waals surface area contributed by atoms with Crippen molar-refractivity contribution >= 4 is 11.6 Å². The number of terminal acetylenes is 1. The topological polar surface area (TPSA) is 20.2 Å². The van der Waals surface area contributed by atoms with Crippen LogP contribution in [0, 0.1) is 19.3 Å². The lowest BCUT2D eigenvalue weighted by Crippen LogP contribution is -1.98. The summed E-state index contributed by atoms with van der Waals surface area (Å²) < 4.78 is 0. The Balaban J connectivity index is 2.96. The third-order valence-electron chi connectivity index (χ3n) is 1.90. The fraction of sp³-hybridized carbons (Fsp3) is 0.273. The zero-order valence-electron chi connectivity index (χ0n) is 7.42. The minimum atomic E-state index is -0.581. The van der Waals surface area contributed by atoms with E-state index < -0.39 is 6.10 Å².